The van der Waals surface area contributed by atoms with Gasteiger partial charge in [0, 0.05) is 11.8 Å². The molecule has 23 heavy (non-hydrogen) atoms. The predicted molar refractivity (Wildman–Crippen MR) is 87.1 cm³/mol. The van der Waals surface area contributed by atoms with E-state index in [0.717, 1.165) is 31.4 Å². The number of fused-ring (bicyclic) bond motifs is 2. The molecular formula is C17H18N2O3S. The molecule has 1 N–H and O–H groups in total. The molecule has 5 nitrogen and oxygen atoms in total. The van der Waals surface area contributed by atoms with Crippen LogP contribution in [0, 0.1) is 0 Å². The second-order valence-corrected chi connectivity index (χ2v) is 7.44. The summed E-state index contributed by atoms with van der Waals surface area (Å²) in [4.78, 5) is 31.5. The number of thioether (sulfide) groups is 1. The van der Waals surface area contributed by atoms with Gasteiger partial charge in [-0.15, -0.1) is 11.8 Å². The minimum absolute atomic E-state index is 0.199. The van der Waals surface area contributed by atoms with E-state index in [2.05, 4.69) is 10.4 Å². The Labute approximate surface area is 139 Å². The molecule has 0 radical (unpaired) electrons. The number of nitrogens with zero attached hydrogens (tertiary/aromatic N) is 1. The number of hydrogen-bond donors (Lipinski definition) is 1. The minimum Gasteiger partial charge on any atom is -0.353 e. The van der Waals surface area contributed by atoms with Crippen molar-refractivity contribution in [2.75, 3.05) is 6.54 Å². The highest BCUT2D eigenvalue weighted by Crippen LogP contribution is 2.51. The highest BCUT2D eigenvalue weighted by molar-refractivity contribution is 8.00. The summed E-state index contributed by atoms with van der Waals surface area (Å²) in [5, 5.41) is 0.880. The molecule has 0 spiro atoms. The third kappa shape index (κ3) is 2.72. The average molecular weight is 330 g/mol. The van der Waals surface area contributed by atoms with Gasteiger partial charge in [0.15, 0.2) is 0 Å². The van der Waals surface area contributed by atoms with E-state index >= 15 is 0 Å². The lowest BCUT2D eigenvalue weighted by molar-refractivity contribution is -0.156. The van der Waals surface area contributed by atoms with E-state index < -0.39 is 5.97 Å². The van der Waals surface area contributed by atoms with Gasteiger partial charge >= 0.3 is 5.97 Å². The number of nitrogens with one attached hydrogen (secondary N) is 1. The van der Waals surface area contributed by atoms with Crippen LogP contribution in [0.2, 0.25) is 0 Å². The quantitative estimate of drug-likeness (QED) is 0.859. The summed E-state index contributed by atoms with van der Waals surface area (Å²) in [6.45, 7) is 0.899. The summed E-state index contributed by atoms with van der Waals surface area (Å²) >= 11 is 1.95. The Kier molecular flexibility index (Phi) is 3.77. The molecule has 1 aromatic rings. The number of rotatable bonds is 3. The lowest BCUT2D eigenvalue weighted by atomic mass is 9.88. The highest BCUT2D eigenvalue weighted by atomic mass is 32.2. The molecule has 2 fully saturated rings. The molecular weight excluding hydrogens is 312 g/mol. The molecule has 1 saturated carbocycles. The number of carbonyl (C=O) groups excluding carboxylic acids is 2. The maximum absolute atomic E-state index is 12.4. The average Bonchev–Trinajstić information content (AvgIpc) is 2.50. The Morgan fingerprint density at radius 3 is 2.74 bits per heavy atom. The first kappa shape index (κ1) is 14.6. The molecule has 2 heterocycles. The number of amides is 1. The summed E-state index contributed by atoms with van der Waals surface area (Å²) in [6.07, 6.45) is 3.42. The van der Waals surface area contributed by atoms with E-state index in [0.29, 0.717) is 16.3 Å². The molecule has 2 unspecified atom stereocenters. The zero-order valence-electron chi connectivity index (χ0n) is 12.7. The minimum atomic E-state index is -0.420. The van der Waals surface area contributed by atoms with Crippen LogP contribution in [0.15, 0.2) is 41.6 Å². The van der Waals surface area contributed by atoms with Crippen LogP contribution in [-0.2, 0) is 20.8 Å². The molecule has 0 aromatic heterocycles. The molecule has 3 aliphatic rings. The number of benzene rings is 1. The van der Waals surface area contributed by atoms with Gasteiger partial charge in [-0.2, -0.15) is 5.48 Å². The number of carbonyl (C=O) groups is 2. The van der Waals surface area contributed by atoms with E-state index in [1.165, 1.54) is 5.57 Å². The van der Waals surface area contributed by atoms with E-state index in [1.807, 2.05) is 42.1 Å². The lowest BCUT2D eigenvalue weighted by Gasteiger charge is -2.52. The van der Waals surface area contributed by atoms with Crippen molar-refractivity contribution < 1.29 is 14.4 Å². The second kappa shape index (κ2) is 5.92. The molecule has 2 atom stereocenters. The van der Waals surface area contributed by atoms with Crippen LogP contribution in [0.4, 0.5) is 0 Å². The monoisotopic (exact) mass is 330 g/mol. The van der Waals surface area contributed by atoms with Crippen LogP contribution in [-0.4, -0.2) is 33.9 Å². The molecule has 1 aromatic carbocycles. The van der Waals surface area contributed by atoms with E-state index in [9.17, 15) is 9.59 Å². The molecule has 1 amide bonds. The van der Waals surface area contributed by atoms with Gasteiger partial charge in [0.2, 0.25) is 0 Å². The van der Waals surface area contributed by atoms with Gasteiger partial charge in [-0.05, 0) is 30.4 Å². The van der Waals surface area contributed by atoms with Gasteiger partial charge in [0.25, 0.3) is 5.91 Å². The third-order valence-electron chi connectivity index (χ3n) is 4.60. The van der Waals surface area contributed by atoms with Crippen LogP contribution in [0.25, 0.3) is 0 Å². The van der Waals surface area contributed by atoms with E-state index in [4.69, 9.17) is 4.84 Å². The van der Waals surface area contributed by atoms with Gasteiger partial charge in [0.05, 0.1) is 11.8 Å². The molecule has 1 saturated heterocycles. The largest absolute Gasteiger partial charge is 0.378 e. The van der Waals surface area contributed by atoms with Crippen molar-refractivity contribution in [2.45, 2.75) is 36.3 Å². The second-order valence-electron chi connectivity index (χ2n) is 6.05. The van der Waals surface area contributed by atoms with Gasteiger partial charge < -0.3 is 9.74 Å². The molecule has 0 bridgehead atoms. The normalized spacial score (nSPS) is 24.8. The Morgan fingerprint density at radius 1 is 1.26 bits per heavy atom. The van der Waals surface area contributed by atoms with Crippen molar-refractivity contribution in [3.63, 3.8) is 0 Å². The van der Waals surface area contributed by atoms with Gasteiger partial charge in [-0.1, -0.05) is 30.3 Å². The zero-order chi connectivity index (χ0) is 15.8. The van der Waals surface area contributed by atoms with Gasteiger partial charge in [-0.3, -0.25) is 4.79 Å². The van der Waals surface area contributed by atoms with E-state index in [-0.39, 0.29) is 12.3 Å². The van der Waals surface area contributed by atoms with E-state index in [1.54, 1.807) is 0 Å². The van der Waals surface area contributed by atoms with Crippen molar-refractivity contribution >= 4 is 23.6 Å². The van der Waals surface area contributed by atoms with Crippen LogP contribution in [0.5, 0.6) is 0 Å². The van der Waals surface area contributed by atoms with Crippen molar-refractivity contribution in [2.24, 2.45) is 0 Å². The van der Waals surface area contributed by atoms with Gasteiger partial charge in [-0.25, -0.2) is 4.79 Å². The SMILES string of the molecule is O=C(Cc1ccccc1)NOC(=O)C1=C2CCC2SC2CCN12. The predicted octanol–water partition coefficient (Wildman–Crippen LogP) is 2.00. The fraction of sp³-hybridized carbons (Fsp3) is 0.412. The fourth-order valence-corrected chi connectivity index (χ4v) is 4.81. The smallest absolute Gasteiger partial charge is 0.353 e. The topological polar surface area (TPSA) is 58.6 Å². The number of hydroxylamine groups is 1. The summed E-state index contributed by atoms with van der Waals surface area (Å²) in [7, 11) is 0. The first-order valence-corrected chi connectivity index (χ1v) is 8.86. The van der Waals surface area contributed by atoms with Crippen LogP contribution >= 0.6 is 11.8 Å². The maximum Gasteiger partial charge on any atom is 0.378 e. The Balaban J connectivity index is 1.37. The zero-order valence-corrected chi connectivity index (χ0v) is 13.5. The highest BCUT2D eigenvalue weighted by Gasteiger charge is 2.46. The molecule has 1 aliphatic carbocycles. The lowest BCUT2D eigenvalue weighted by Crippen LogP contribution is -2.53. The maximum atomic E-state index is 12.4. The van der Waals surface area contributed by atoms with Gasteiger partial charge in [0.1, 0.15) is 5.70 Å². The number of hydrogen-bond acceptors (Lipinski definition) is 5. The summed E-state index contributed by atoms with van der Waals surface area (Å²) in [5.74, 6) is -0.734. The Hall–Kier alpha value is -1.95. The third-order valence-corrected chi connectivity index (χ3v) is 6.25. The summed E-state index contributed by atoms with van der Waals surface area (Å²) in [6, 6.07) is 9.39. The standard InChI is InChI=1S/C17H18N2O3S/c20-14(10-11-4-2-1-3-5-11)18-22-17(21)16-12-6-7-13(12)23-15-8-9-19(15)16/h1-5,13,15H,6-10H2,(H,18,20). The Bertz CT molecular complexity index is 674. The molecule has 2 aliphatic heterocycles. The first-order chi connectivity index (χ1) is 11.2. The van der Waals surface area contributed by atoms with Crippen molar-refractivity contribution in [3.8, 4) is 0 Å². The van der Waals surface area contributed by atoms with Crippen molar-refractivity contribution in [1.82, 2.24) is 10.4 Å². The van der Waals surface area contributed by atoms with Crippen LogP contribution in [0.1, 0.15) is 24.8 Å². The van der Waals surface area contributed by atoms with Crippen LogP contribution < -0.4 is 5.48 Å². The summed E-state index contributed by atoms with van der Waals surface area (Å²) in [5.41, 5.74) is 5.06. The molecule has 6 heteroatoms. The fourth-order valence-electron chi connectivity index (χ4n) is 3.18. The van der Waals surface area contributed by atoms with Crippen LogP contribution in [0.3, 0.4) is 0 Å². The summed E-state index contributed by atoms with van der Waals surface area (Å²) < 4.78 is 0. The first-order valence-electron chi connectivity index (χ1n) is 7.91. The van der Waals surface area contributed by atoms with Crippen molar-refractivity contribution in [3.05, 3.63) is 47.2 Å². The Morgan fingerprint density at radius 2 is 2.09 bits per heavy atom. The molecule has 4 rings (SSSR count). The van der Waals surface area contributed by atoms with Crippen molar-refractivity contribution in [1.29, 1.82) is 0 Å². The molecule has 120 valence electrons.